The zero-order valence-corrected chi connectivity index (χ0v) is 15.0. The molecule has 5 heteroatoms. The third-order valence-electron chi connectivity index (χ3n) is 5.74. The minimum Gasteiger partial charge on any atom is -0.381 e. The number of carbonyl (C=O) groups is 1. The Kier molecular flexibility index (Phi) is 4.75. The van der Waals surface area contributed by atoms with Gasteiger partial charge >= 0.3 is 0 Å². The van der Waals surface area contributed by atoms with Crippen LogP contribution in [-0.2, 0) is 16.1 Å². The number of pyridine rings is 1. The van der Waals surface area contributed by atoms with Crippen LogP contribution in [-0.4, -0.2) is 46.2 Å². The van der Waals surface area contributed by atoms with Crippen LogP contribution in [0.1, 0.15) is 50.6 Å². The van der Waals surface area contributed by atoms with Gasteiger partial charge in [-0.15, -0.1) is 0 Å². The molecule has 0 bridgehead atoms. The van der Waals surface area contributed by atoms with Crippen molar-refractivity contribution in [3.05, 3.63) is 30.1 Å². The highest BCUT2D eigenvalue weighted by Gasteiger charge is 2.27. The first-order valence-corrected chi connectivity index (χ1v) is 9.55. The largest absolute Gasteiger partial charge is 0.381 e. The molecule has 0 N–H and O–H groups in total. The Morgan fingerprint density at radius 1 is 1.28 bits per heavy atom. The number of aromatic nitrogens is 2. The molecule has 134 valence electrons. The fourth-order valence-corrected chi connectivity index (χ4v) is 4.30. The second-order valence-corrected chi connectivity index (χ2v) is 7.39. The maximum atomic E-state index is 13.0. The van der Waals surface area contributed by atoms with Gasteiger partial charge in [-0.2, -0.15) is 0 Å². The molecule has 0 aliphatic carbocycles. The zero-order chi connectivity index (χ0) is 17.2. The van der Waals surface area contributed by atoms with E-state index in [1.54, 1.807) is 0 Å². The van der Waals surface area contributed by atoms with E-state index in [1.807, 2.05) is 12.3 Å². The third kappa shape index (κ3) is 3.30. The summed E-state index contributed by atoms with van der Waals surface area (Å²) in [6.07, 6.45) is 7.32. The summed E-state index contributed by atoms with van der Waals surface area (Å²) in [7, 11) is 0. The lowest BCUT2D eigenvalue weighted by Gasteiger charge is -2.34. The summed E-state index contributed by atoms with van der Waals surface area (Å²) in [5.74, 6) is 0.679. The lowest BCUT2D eigenvalue weighted by Crippen LogP contribution is -2.43. The number of nitrogens with zero attached hydrogens (tertiary/aromatic N) is 3. The van der Waals surface area contributed by atoms with Gasteiger partial charge in [0.15, 0.2) is 0 Å². The highest BCUT2D eigenvalue weighted by atomic mass is 16.5. The third-order valence-corrected chi connectivity index (χ3v) is 5.74. The van der Waals surface area contributed by atoms with Gasteiger partial charge in [0.25, 0.3) is 0 Å². The number of amides is 1. The van der Waals surface area contributed by atoms with Gasteiger partial charge < -0.3 is 14.2 Å². The molecular weight excluding hydrogens is 314 g/mol. The van der Waals surface area contributed by atoms with E-state index in [-0.39, 0.29) is 5.91 Å². The number of ether oxygens (including phenoxy) is 1. The molecule has 1 amide bonds. The number of hydrogen-bond donors (Lipinski definition) is 0. The standard InChI is InChI=1S/C20H27N3O2/c1-15-5-2-3-10-22(15)19(24)14-23-18(16-7-11-25-12-8-16)13-17-6-4-9-21-20(17)23/h4,6,9,13,15-16H,2-3,5,7-8,10-12,14H2,1H3/t15-/m1/s1. The van der Waals surface area contributed by atoms with Crippen molar-refractivity contribution < 1.29 is 9.53 Å². The van der Waals surface area contributed by atoms with Crippen LogP contribution in [0.2, 0.25) is 0 Å². The maximum absolute atomic E-state index is 13.0. The van der Waals surface area contributed by atoms with Crippen molar-refractivity contribution in [2.24, 2.45) is 0 Å². The molecule has 4 rings (SSSR count). The van der Waals surface area contributed by atoms with Gasteiger partial charge in [-0.3, -0.25) is 4.79 Å². The predicted octanol–water partition coefficient (Wildman–Crippen LogP) is 3.33. The summed E-state index contributed by atoms with van der Waals surface area (Å²) in [4.78, 5) is 19.6. The molecule has 0 unspecified atom stereocenters. The smallest absolute Gasteiger partial charge is 0.242 e. The van der Waals surface area contributed by atoms with E-state index < -0.39 is 0 Å². The Balaban J connectivity index is 1.65. The first-order chi connectivity index (χ1) is 12.2. The molecule has 2 saturated heterocycles. The van der Waals surface area contributed by atoms with Crippen LogP contribution in [0.25, 0.3) is 11.0 Å². The van der Waals surface area contributed by atoms with Crippen molar-refractivity contribution in [3.8, 4) is 0 Å². The minimum absolute atomic E-state index is 0.226. The number of fused-ring (bicyclic) bond motifs is 1. The number of piperidine rings is 1. The minimum atomic E-state index is 0.226. The van der Waals surface area contributed by atoms with Crippen LogP contribution in [0.3, 0.4) is 0 Å². The molecular formula is C20H27N3O2. The van der Waals surface area contributed by atoms with Crippen molar-refractivity contribution in [2.75, 3.05) is 19.8 Å². The molecule has 2 aliphatic heterocycles. The van der Waals surface area contributed by atoms with E-state index in [9.17, 15) is 4.79 Å². The molecule has 0 spiro atoms. The number of likely N-dealkylation sites (tertiary alicyclic amines) is 1. The molecule has 4 heterocycles. The van der Waals surface area contributed by atoms with Crippen LogP contribution < -0.4 is 0 Å². The Morgan fingerprint density at radius 3 is 2.92 bits per heavy atom. The normalized spacial score (nSPS) is 22.4. The topological polar surface area (TPSA) is 47.4 Å². The molecule has 25 heavy (non-hydrogen) atoms. The molecule has 5 nitrogen and oxygen atoms in total. The van der Waals surface area contributed by atoms with Crippen molar-refractivity contribution >= 4 is 16.9 Å². The van der Waals surface area contributed by atoms with E-state index in [0.29, 0.717) is 18.5 Å². The number of hydrogen-bond acceptors (Lipinski definition) is 3. The summed E-state index contributed by atoms with van der Waals surface area (Å²) >= 11 is 0. The summed E-state index contributed by atoms with van der Waals surface area (Å²) < 4.78 is 7.69. The second kappa shape index (κ2) is 7.16. The lowest BCUT2D eigenvalue weighted by atomic mass is 9.96. The highest BCUT2D eigenvalue weighted by Crippen LogP contribution is 2.31. The molecule has 2 fully saturated rings. The van der Waals surface area contributed by atoms with Crippen LogP contribution in [0, 0.1) is 0 Å². The van der Waals surface area contributed by atoms with E-state index >= 15 is 0 Å². The molecule has 1 atom stereocenters. The highest BCUT2D eigenvalue weighted by molar-refractivity contribution is 5.82. The lowest BCUT2D eigenvalue weighted by molar-refractivity contribution is -0.135. The molecule has 0 radical (unpaired) electrons. The number of rotatable bonds is 3. The molecule has 0 saturated carbocycles. The fraction of sp³-hybridized carbons (Fsp3) is 0.600. The van der Waals surface area contributed by atoms with Gasteiger partial charge in [0.1, 0.15) is 12.2 Å². The summed E-state index contributed by atoms with van der Waals surface area (Å²) in [5, 5.41) is 1.13. The second-order valence-electron chi connectivity index (χ2n) is 7.39. The molecule has 2 aromatic heterocycles. The molecule has 0 aromatic carbocycles. The van der Waals surface area contributed by atoms with Gasteiger partial charge in [-0.25, -0.2) is 4.98 Å². The SMILES string of the molecule is C[C@@H]1CCCCN1C(=O)Cn1c(C2CCOCC2)cc2cccnc21. The Hall–Kier alpha value is -1.88. The molecule has 2 aliphatic rings. The zero-order valence-electron chi connectivity index (χ0n) is 15.0. The van der Waals surface area contributed by atoms with Gasteiger partial charge in [0.2, 0.25) is 5.91 Å². The van der Waals surface area contributed by atoms with Gasteiger partial charge in [0, 0.05) is 49.0 Å². The summed E-state index contributed by atoms with van der Waals surface area (Å²) in [6.45, 7) is 5.06. The maximum Gasteiger partial charge on any atom is 0.242 e. The average molecular weight is 341 g/mol. The van der Waals surface area contributed by atoms with Gasteiger partial charge in [-0.05, 0) is 57.2 Å². The van der Waals surface area contributed by atoms with Crippen LogP contribution in [0.15, 0.2) is 24.4 Å². The monoisotopic (exact) mass is 341 g/mol. The predicted molar refractivity (Wildman–Crippen MR) is 97.6 cm³/mol. The van der Waals surface area contributed by atoms with Crippen molar-refractivity contribution in [2.45, 2.75) is 57.5 Å². The molecule has 2 aromatic rings. The van der Waals surface area contributed by atoms with Crippen molar-refractivity contribution in [3.63, 3.8) is 0 Å². The van der Waals surface area contributed by atoms with Crippen molar-refractivity contribution in [1.82, 2.24) is 14.5 Å². The Morgan fingerprint density at radius 2 is 2.12 bits per heavy atom. The fourth-order valence-electron chi connectivity index (χ4n) is 4.30. The quantitative estimate of drug-likeness (QED) is 0.860. The first-order valence-electron chi connectivity index (χ1n) is 9.55. The van der Waals surface area contributed by atoms with Crippen LogP contribution in [0.5, 0.6) is 0 Å². The van der Waals surface area contributed by atoms with E-state index in [2.05, 4.69) is 33.5 Å². The van der Waals surface area contributed by atoms with Gasteiger partial charge in [0.05, 0.1) is 0 Å². The Bertz CT molecular complexity index is 748. The van der Waals surface area contributed by atoms with E-state index in [1.165, 1.54) is 12.1 Å². The first kappa shape index (κ1) is 16.6. The summed E-state index contributed by atoms with van der Waals surface area (Å²) in [5.41, 5.74) is 2.18. The van der Waals surface area contributed by atoms with Crippen LogP contribution >= 0.6 is 0 Å². The van der Waals surface area contributed by atoms with Crippen molar-refractivity contribution in [1.29, 1.82) is 0 Å². The van der Waals surface area contributed by atoms with Gasteiger partial charge in [-0.1, -0.05) is 0 Å². The van der Waals surface area contributed by atoms with E-state index in [0.717, 1.165) is 56.5 Å². The number of carbonyl (C=O) groups excluding carboxylic acids is 1. The van der Waals surface area contributed by atoms with E-state index in [4.69, 9.17) is 4.74 Å². The summed E-state index contributed by atoms with van der Waals surface area (Å²) in [6, 6.07) is 6.64. The van der Waals surface area contributed by atoms with Crippen LogP contribution in [0.4, 0.5) is 0 Å². The average Bonchev–Trinajstić information content (AvgIpc) is 3.01. The Labute approximate surface area is 149 Å².